The third kappa shape index (κ3) is 4.95. The van der Waals surface area contributed by atoms with Crippen LogP contribution in [0.5, 0.6) is 0 Å². The average Bonchev–Trinajstić information content (AvgIpc) is 2.59. The molecule has 0 aromatic heterocycles. The molecule has 25 heavy (non-hydrogen) atoms. The highest BCUT2D eigenvalue weighted by molar-refractivity contribution is 7.89. The zero-order valence-corrected chi connectivity index (χ0v) is 16.3. The second-order valence-corrected chi connectivity index (χ2v) is 8.98. The van der Waals surface area contributed by atoms with Crippen LogP contribution in [0.1, 0.15) is 37.6 Å². The monoisotopic (exact) mass is 368 g/mol. The maximum Gasteiger partial charge on any atom is 0.337 e. The Labute approximate surface area is 150 Å². The zero-order valence-electron chi connectivity index (χ0n) is 15.4. The molecule has 0 spiro atoms. The molecule has 1 aliphatic heterocycles. The Balaban J connectivity index is 2.02. The van der Waals surface area contributed by atoms with Gasteiger partial charge in [0.25, 0.3) is 0 Å². The van der Waals surface area contributed by atoms with Crippen LogP contribution in [0.4, 0.5) is 5.69 Å². The van der Waals surface area contributed by atoms with Crippen molar-refractivity contribution < 1.29 is 17.9 Å². The lowest BCUT2D eigenvalue weighted by atomic mass is 10.1. The fourth-order valence-electron chi connectivity index (χ4n) is 3.02. The third-order valence-electron chi connectivity index (χ3n) is 4.53. The number of anilines is 1. The molecular weight excluding hydrogens is 340 g/mol. The first-order chi connectivity index (χ1) is 11.7. The van der Waals surface area contributed by atoms with Gasteiger partial charge in [-0.25, -0.2) is 13.2 Å². The van der Waals surface area contributed by atoms with E-state index >= 15 is 0 Å². The van der Waals surface area contributed by atoms with E-state index in [1.807, 2.05) is 32.9 Å². The van der Waals surface area contributed by atoms with Crippen molar-refractivity contribution in [2.24, 2.45) is 5.92 Å². The Morgan fingerprint density at radius 1 is 1.24 bits per heavy atom. The largest absolute Gasteiger partial charge is 0.465 e. The molecule has 6 nitrogen and oxygen atoms in total. The smallest absolute Gasteiger partial charge is 0.337 e. The minimum Gasteiger partial charge on any atom is -0.465 e. The van der Waals surface area contributed by atoms with E-state index in [1.165, 1.54) is 7.11 Å². The first kappa shape index (κ1) is 19.7. The average molecular weight is 368 g/mol. The van der Waals surface area contributed by atoms with Crippen LogP contribution in [0.25, 0.3) is 0 Å². The van der Waals surface area contributed by atoms with Crippen molar-refractivity contribution >= 4 is 21.7 Å². The normalized spacial score (nSPS) is 19.2. The Bertz CT molecular complexity index is 686. The predicted octanol–water partition coefficient (Wildman–Crippen LogP) is 2.36. The Kier molecular flexibility index (Phi) is 6.46. The van der Waals surface area contributed by atoms with Crippen molar-refractivity contribution in [3.8, 4) is 0 Å². The molecule has 0 bridgehead atoms. The van der Waals surface area contributed by atoms with E-state index in [-0.39, 0.29) is 17.8 Å². The number of nitrogens with zero attached hydrogens (tertiary/aromatic N) is 2. The van der Waals surface area contributed by atoms with Gasteiger partial charge in [-0.1, -0.05) is 13.8 Å². The number of carbonyl (C=O) groups excluding carboxylic acids is 1. The van der Waals surface area contributed by atoms with E-state index < -0.39 is 10.0 Å². The van der Waals surface area contributed by atoms with Crippen LogP contribution in [0.2, 0.25) is 0 Å². The molecule has 1 aromatic carbocycles. The molecule has 7 heteroatoms. The summed E-state index contributed by atoms with van der Waals surface area (Å²) in [7, 11) is -1.85. The minimum absolute atomic E-state index is 0.0776. The number of benzene rings is 1. The van der Waals surface area contributed by atoms with Crippen molar-refractivity contribution in [1.29, 1.82) is 0 Å². The van der Waals surface area contributed by atoms with E-state index in [9.17, 15) is 13.2 Å². The third-order valence-corrected chi connectivity index (χ3v) is 6.54. The standard InChI is InChI=1S/C18H28N2O4S/c1-14(2)9-12-25(22,23)20-11-10-19(13-15(20)3)17-7-5-16(6-8-17)18(21)24-4/h5-8,14-15H,9-13H2,1-4H3. The molecule has 1 aliphatic rings. The van der Waals surface area contributed by atoms with Crippen molar-refractivity contribution in [3.05, 3.63) is 29.8 Å². The number of rotatable bonds is 6. The summed E-state index contributed by atoms with van der Waals surface area (Å²) in [5.74, 6) is 0.226. The highest BCUT2D eigenvalue weighted by Gasteiger charge is 2.32. The van der Waals surface area contributed by atoms with E-state index in [4.69, 9.17) is 4.74 Å². The van der Waals surface area contributed by atoms with Crippen LogP contribution in [-0.2, 0) is 14.8 Å². The molecule has 1 aromatic rings. The first-order valence-electron chi connectivity index (χ1n) is 8.67. The van der Waals surface area contributed by atoms with Crippen LogP contribution in [0.3, 0.4) is 0 Å². The van der Waals surface area contributed by atoms with Gasteiger partial charge in [0.05, 0.1) is 18.4 Å². The Morgan fingerprint density at radius 3 is 2.40 bits per heavy atom. The van der Waals surface area contributed by atoms with Gasteiger partial charge in [-0.05, 0) is 43.5 Å². The van der Waals surface area contributed by atoms with E-state index in [1.54, 1.807) is 16.4 Å². The molecule has 1 heterocycles. The summed E-state index contributed by atoms with van der Waals surface area (Å²) in [6, 6.07) is 7.14. The summed E-state index contributed by atoms with van der Waals surface area (Å²) >= 11 is 0. The van der Waals surface area contributed by atoms with E-state index in [2.05, 4.69) is 4.90 Å². The number of hydrogen-bond donors (Lipinski definition) is 0. The molecule has 1 saturated heterocycles. The molecule has 0 amide bonds. The van der Waals surface area contributed by atoms with Crippen LogP contribution in [0, 0.1) is 5.92 Å². The van der Waals surface area contributed by atoms with Crippen molar-refractivity contribution in [3.63, 3.8) is 0 Å². The summed E-state index contributed by atoms with van der Waals surface area (Å²) in [6.45, 7) is 7.79. The van der Waals surface area contributed by atoms with Gasteiger partial charge in [-0.2, -0.15) is 4.31 Å². The number of ether oxygens (including phenoxy) is 1. The Hall–Kier alpha value is -1.60. The fourth-order valence-corrected chi connectivity index (χ4v) is 5.00. The molecule has 1 unspecified atom stereocenters. The second-order valence-electron chi connectivity index (χ2n) is 6.94. The van der Waals surface area contributed by atoms with Crippen LogP contribution < -0.4 is 4.90 Å². The van der Waals surface area contributed by atoms with Gasteiger partial charge < -0.3 is 9.64 Å². The summed E-state index contributed by atoms with van der Waals surface area (Å²) in [5, 5.41) is 0. The summed E-state index contributed by atoms with van der Waals surface area (Å²) in [6.07, 6.45) is 0.685. The summed E-state index contributed by atoms with van der Waals surface area (Å²) in [5.41, 5.74) is 1.49. The van der Waals surface area contributed by atoms with Crippen LogP contribution in [0.15, 0.2) is 24.3 Å². The number of hydrogen-bond acceptors (Lipinski definition) is 5. The molecule has 140 valence electrons. The van der Waals surface area contributed by atoms with E-state index in [0.717, 1.165) is 5.69 Å². The quantitative estimate of drug-likeness (QED) is 0.721. The van der Waals surface area contributed by atoms with Gasteiger partial charge in [0, 0.05) is 31.4 Å². The lowest BCUT2D eigenvalue weighted by Gasteiger charge is -2.40. The van der Waals surface area contributed by atoms with Crippen molar-refractivity contribution in [2.45, 2.75) is 33.2 Å². The van der Waals surface area contributed by atoms with Gasteiger partial charge in [0.2, 0.25) is 10.0 Å². The second kappa shape index (κ2) is 8.19. The molecule has 2 rings (SSSR count). The van der Waals surface area contributed by atoms with E-state index in [0.29, 0.717) is 37.5 Å². The lowest BCUT2D eigenvalue weighted by molar-refractivity contribution is 0.0600. The van der Waals surface area contributed by atoms with Crippen LogP contribution in [-0.4, -0.2) is 57.2 Å². The summed E-state index contributed by atoms with van der Waals surface area (Å²) in [4.78, 5) is 13.7. The maximum atomic E-state index is 12.6. The first-order valence-corrected chi connectivity index (χ1v) is 10.3. The molecular formula is C18H28N2O4S. The molecule has 0 N–H and O–H groups in total. The number of sulfonamides is 1. The lowest BCUT2D eigenvalue weighted by Crippen LogP contribution is -2.54. The van der Waals surface area contributed by atoms with Gasteiger partial charge in [0.15, 0.2) is 0 Å². The SMILES string of the molecule is COC(=O)c1ccc(N2CCN(S(=O)(=O)CCC(C)C)C(C)C2)cc1. The topological polar surface area (TPSA) is 66.9 Å². The number of esters is 1. The van der Waals surface area contributed by atoms with Gasteiger partial charge in [-0.3, -0.25) is 0 Å². The molecule has 1 atom stereocenters. The molecule has 1 fully saturated rings. The van der Waals surface area contributed by atoms with Gasteiger partial charge in [0.1, 0.15) is 0 Å². The molecule has 0 aliphatic carbocycles. The maximum absolute atomic E-state index is 12.6. The van der Waals surface area contributed by atoms with Crippen LogP contribution >= 0.6 is 0 Å². The fraction of sp³-hybridized carbons (Fsp3) is 0.611. The molecule has 0 radical (unpaired) electrons. The highest BCUT2D eigenvalue weighted by atomic mass is 32.2. The predicted molar refractivity (Wildman–Crippen MR) is 99.4 cm³/mol. The Morgan fingerprint density at radius 2 is 1.88 bits per heavy atom. The highest BCUT2D eigenvalue weighted by Crippen LogP contribution is 2.22. The van der Waals surface area contributed by atoms with Gasteiger partial charge >= 0.3 is 5.97 Å². The zero-order chi connectivity index (χ0) is 18.6. The van der Waals surface area contributed by atoms with Crippen molar-refractivity contribution in [2.75, 3.05) is 37.4 Å². The molecule has 0 saturated carbocycles. The summed E-state index contributed by atoms with van der Waals surface area (Å²) < 4.78 is 31.4. The van der Waals surface area contributed by atoms with Crippen molar-refractivity contribution in [1.82, 2.24) is 4.31 Å². The minimum atomic E-state index is -3.21. The van der Waals surface area contributed by atoms with Gasteiger partial charge in [-0.15, -0.1) is 0 Å². The number of carbonyl (C=O) groups is 1. The number of piperazine rings is 1. The number of methoxy groups -OCH3 is 1.